The maximum atomic E-state index is 12.1. The Morgan fingerprint density at radius 3 is 2.80 bits per heavy atom. The molecule has 1 saturated carbocycles. The number of nitrogens with zero attached hydrogens (tertiary/aromatic N) is 3. The predicted molar refractivity (Wildman–Crippen MR) is 94.8 cm³/mol. The Morgan fingerprint density at radius 2 is 2.16 bits per heavy atom. The third kappa shape index (κ3) is 4.02. The van der Waals surface area contributed by atoms with Crippen molar-refractivity contribution in [1.29, 1.82) is 5.26 Å². The highest BCUT2D eigenvalue weighted by Crippen LogP contribution is 2.39. The van der Waals surface area contributed by atoms with E-state index in [0.29, 0.717) is 11.1 Å². The summed E-state index contributed by atoms with van der Waals surface area (Å²) < 4.78 is 5.63. The van der Waals surface area contributed by atoms with Crippen molar-refractivity contribution in [1.82, 2.24) is 15.5 Å². The normalized spacial score (nSPS) is 16.1. The zero-order valence-corrected chi connectivity index (χ0v) is 15.3. The lowest BCUT2D eigenvalue weighted by Gasteiger charge is -2.22. The van der Waals surface area contributed by atoms with Crippen LogP contribution in [0, 0.1) is 31.1 Å². The van der Waals surface area contributed by atoms with E-state index in [2.05, 4.69) is 21.6 Å². The molecule has 6 nitrogen and oxygen atoms in total. The van der Waals surface area contributed by atoms with Gasteiger partial charge in [-0.05, 0) is 62.8 Å². The summed E-state index contributed by atoms with van der Waals surface area (Å²) in [5.41, 5.74) is 2.43. The van der Waals surface area contributed by atoms with E-state index < -0.39 is 5.54 Å². The van der Waals surface area contributed by atoms with Crippen LogP contribution in [0.2, 0.25) is 0 Å². The fourth-order valence-electron chi connectivity index (χ4n) is 2.59. The molecule has 1 N–H and O–H groups in total. The van der Waals surface area contributed by atoms with Gasteiger partial charge in [0.25, 0.3) is 5.22 Å². The van der Waals surface area contributed by atoms with E-state index in [0.717, 1.165) is 24.0 Å². The number of nitrogens with one attached hydrogen (secondary N) is 1. The summed E-state index contributed by atoms with van der Waals surface area (Å²) in [5, 5.41) is 20.5. The smallest absolute Gasteiger partial charge is 0.277 e. The molecular formula is C18H20N4O2S. The Kier molecular flexibility index (Phi) is 4.82. The van der Waals surface area contributed by atoms with Crippen molar-refractivity contribution in [3.8, 4) is 17.5 Å². The number of benzene rings is 1. The lowest BCUT2D eigenvalue weighted by Crippen LogP contribution is -2.47. The van der Waals surface area contributed by atoms with Crippen molar-refractivity contribution in [3.63, 3.8) is 0 Å². The first-order chi connectivity index (χ1) is 11.9. The largest absolute Gasteiger partial charge is 0.411 e. The van der Waals surface area contributed by atoms with Crippen LogP contribution in [0.25, 0.3) is 11.5 Å². The molecule has 2 aromatic rings. The Bertz CT molecular complexity index is 838. The molecule has 0 bridgehead atoms. The number of carbonyl (C=O) groups excluding carboxylic acids is 1. The van der Waals surface area contributed by atoms with Gasteiger partial charge in [0.1, 0.15) is 5.54 Å². The summed E-state index contributed by atoms with van der Waals surface area (Å²) in [6.07, 6.45) is 1.97. The third-order valence-corrected chi connectivity index (χ3v) is 5.33. The minimum atomic E-state index is -0.781. The standard InChI is InChI=1S/C18H20N4O2S/c1-11-4-5-13(8-12(11)2)16-21-22-17(24-16)25-9-15(23)20-18(3,10-19)14-6-7-14/h4-5,8,14H,6-7,9H2,1-3H3,(H,20,23)/t18-/m0/s1. The second-order valence-electron chi connectivity index (χ2n) is 6.60. The van der Waals surface area contributed by atoms with Crippen molar-refractivity contribution in [2.24, 2.45) is 5.92 Å². The van der Waals surface area contributed by atoms with Gasteiger partial charge in [-0.1, -0.05) is 17.8 Å². The zero-order valence-electron chi connectivity index (χ0n) is 14.5. The van der Waals surface area contributed by atoms with Gasteiger partial charge in [0.05, 0.1) is 11.8 Å². The van der Waals surface area contributed by atoms with Gasteiger partial charge < -0.3 is 9.73 Å². The fraction of sp³-hybridized carbons (Fsp3) is 0.444. The minimum absolute atomic E-state index is 0.137. The number of nitriles is 1. The molecule has 0 spiro atoms. The van der Waals surface area contributed by atoms with Crippen LogP contribution in [-0.2, 0) is 4.79 Å². The Labute approximate surface area is 151 Å². The fourth-order valence-corrected chi connectivity index (χ4v) is 3.16. The zero-order chi connectivity index (χ0) is 18.0. The van der Waals surface area contributed by atoms with Gasteiger partial charge in [0.15, 0.2) is 0 Å². The number of thioether (sulfide) groups is 1. The molecule has 130 valence electrons. The first-order valence-electron chi connectivity index (χ1n) is 8.17. The molecule has 1 fully saturated rings. The monoisotopic (exact) mass is 356 g/mol. The molecule has 0 radical (unpaired) electrons. The van der Waals surface area contributed by atoms with Crippen LogP contribution >= 0.6 is 11.8 Å². The van der Waals surface area contributed by atoms with Gasteiger partial charge in [-0.25, -0.2) is 0 Å². The van der Waals surface area contributed by atoms with E-state index in [9.17, 15) is 10.1 Å². The number of carbonyl (C=O) groups is 1. The van der Waals surface area contributed by atoms with E-state index in [1.807, 2.05) is 32.0 Å². The first kappa shape index (κ1) is 17.5. The van der Waals surface area contributed by atoms with Gasteiger partial charge in [-0.15, -0.1) is 10.2 Å². The number of rotatable bonds is 6. The average Bonchev–Trinajstić information content (AvgIpc) is 3.35. The van der Waals surface area contributed by atoms with Crippen LogP contribution in [0.1, 0.15) is 30.9 Å². The number of aryl methyl sites for hydroxylation is 2. The highest BCUT2D eigenvalue weighted by atomic mass is 32.2. The van der Waals surface area contributed by atoms with E-state index in [4.69, 9.17) is 4.42 Å². The van der Waals surface area contributed by atoms with E-state index in [1.165, 1.54) is 17.3 Å². The Morgan fingerprint density at radius 1 is 1.40 bits per heavy atom. The number of hydrogen-bond acceptors (Lipinski definition) is 6. The maximum Gasteiger partial charge on any atom is 0.277 e. The van der Waals surface area contributed by atoms with E-state index in [-0.39, 0.29) is 17.6 Å². The van der Waals surface area contributed by atoms with Crippen molar-refractivity contribution in [3.05, 3.63) is 29.3 Å². The predicted octanol–water partition coefficient (Wildman–Crippen LogP) is 3.25. The summed E-state index contributed by atoms with van der Waals surface area (Å²) in [6.45, 7) is 5.85. The first-order valence-corrected chi connectivity index (χ1v) is 9.16. The molecule has 1 aliphatic carbocycles. The Hall–Kier alpha value is -2.33. The van der Waals surface area contributed by atoms with Crippen molar-refractivity contribution in [2.45, 2.75) is 44.4 Å². The minimum Gasteiger partial charge on any atom is -0.411 e. The molecule has 0 saturated heterocycles. The molecule has 1 atom stereocenters. The van der Waals surface area contributed by atoms with Crippen LogP contribution < -0.4 is 5.32 Å². The number of aromatic nitrogens is 2. The molecule has 25 heavy (non-hydrogen) atoms. The van der Waals surface area contributed by atoms with Crippen LogP contribution in [0.4, 0.5) is 0 Å². The quantitative estimate of drug-likeness (QED) is 0.799. The highest BCUT2D eigenvalue weighted by molar-refractivity contribution is 7.99. The molecule has 3 rings (SSSR count). The summed E-state index contributed by atoms with van der Waals surface area (Å²) in [4.78, 5) is 12.1. The highest BCUT2D eigenvalue weighted by Gasteiger charge is 2.42. The van der Waals surface area contributed by atoms with Gasteiger partial charge in [-0.3, -0.25) is 4.79 Å². The van der Waals surface area contributed by atoms with Gasteiger partial charge >= 0.3 is 0 Å². The number of amides is 1. The second-order valence-corrected chi connectivity index (χ2v) is 7.52. The van der Waals surface area contributed by atoms with Crippen molar-refractivity contribution < 1.29 is 9.21 Å². The van der Waals surface area contributed by atoms with Crippen molar-refractivity contribution >= 4 is 17.7 Å². The third-order valence-electron chi connectivity index (χ3n) is 4.51. The van der Waals surface area contributed by atoms with E-state index >= 15 is 0 Å². The topological polar surface area (TPSA) is 91.8 Å². The summed E-state index contributed by atoms with van der Waals surface area (Å²) in [7, 11) is 0. The van der Waals surface area contributed by atoms with Crippen LogP contribution in [0.3, 0.4) is 0 Å². The van der Waals surface area contributed by atoms with Crippen LogP contribution in [0.5, 0.6) is 0 Å². The second kappa shape index (κ2) is 6.89. The van der Waals surface area contributed by atoms with Gasteiger partial charge in [-0.2, -0.15) is 5.26 Å². The Balaban J connectivity index is 1.59. The molecule has 7 heteroatoms. The lowest BCUT2D eigenvalue weighted by atomic mass is 9.98. The van der Waals surface area contributed by atoms with Crippen LogP contribution in [-0.4, -0.2) is 27.4 Å². The number of hydrogen-bond donors (Lipinski definition) is 1. The lowest BCUT2D eigenvalue weighted by molar-refractivity contribution is -0.119. The van der Waals surface area contributed by atoms with Crippen molar-refractivity contribution in [2.75, 3.05) is 5.75 Å². The van der Waals surface area contributed by atoms with Crippen LogP contribution in [0.15, 0.2) is 27.8 Å². The maximum absolute atomic E-state index is 12.1. The average molecular weight is 356 g/mol. The molecule has 1 amide bonds. The van der Waals surface area contributed by atoms with E-state index in [1.54, 1.807) is 6.92 Å². The molecule has 1 heterocycles. The molecule has 1 aromatic carbocycles. The summed E-state index contributed by atoms with van der Waals surface area (Å²) in [6, 6.07) is 8.16. The molecule has 0 unspecified atom stereocenters. The molecule has 1 aromatic heterocycles. The SMILES string of the molecule is Cc1ccc(-c2nnc(SCC(=O)N[C@@](C)(C#N)C3CC3)o2)cc1C. The van der Waals surface area contributed by atoms with Gasteiger partial charge in [0.2, 0.25) is 11.8 Å². The molecule has 1 aliphatic rings. The van der Waals surface area contributed by atoms with Gasteiger partial charge in [0, 0.05) is 5.56 Å². The summed E-state index contributed by atoms with van der Waals surface area (Å²) >= 11 is 1.17. The molecular weight excluding hydrogens is 336 g/mol. The molecule has 0 aliphatic heterocycles. The summed E-state index contributed by atoms with van der Waals surface area (Å²) in [5.74, 6) is 0.627.